The van der Waals surface area contributed by atoms with Gasteiger partial charge >= 0.3 is 0 Å². The Morgan fingerprint density at radius 1 is 1.43 bits per heavy atom. The van der Waals surface area contributed by atoms with Gasteiger partial charge in [-0.1, -0.05) is 11.6 Å². The molecule has 0 bridgehead atoms. The number of nitrogens with zero attached hydrogens (tertiary/aromatic N) is 2. The van der Waals surface area contributed by atoms with Gasteiger partial charge in [0.2, 0.25) is 0 Å². The second kappa shape index (κ2) is 3.98. The monoisotopic (exact) mass is 210 g/mol. The molecule has 0 unspecified atom stereocenters. The number of aliphatic hydroxyl groups is 1. The molecule has 0 spiro atoms. The van der Waals surface area contributed by atoms with Crippen molar-refractivity contribution in [2.45, 2.75) is 13.0 Å². The van der Waals surface area contributed by atoms with Gasteiger partial charge in [0.1, 0.15) is 5.15 Å². The van der Waals surface area contributed by atoms with Gasteiger partial charge in [-0.25, -0.2) is 4.98 Å². The van der Waals surface area contributed by atoms with E-state index in [9.17, 15) is 0 Å². The van der Waals surface area contributed by atoms with Crippen LogP contribution in [-0.4, -0.2) is 21.3 Å². The van der Waals surface area contributed by atoms with Crippen LogP contribution in [0.4, 0.5) is 0 Å². The molecular formula is C10H11ClN2O. The lowest BCUT2D eigenvalue weighted by molar-refractivity contribution is 0.280. The molecule has 0 saturated heterocycles. The van der Waals surface area contributed by atoms with Gasteiger partial charge in [-0.05, 0) is 18.6 Å². The Balaban J connectivity index is 2.42. The van der Waals surface area contributed by atoms with Crippen molar-refractivity contribution in [1.29, 1.82) is 0 Å². The Morgan fingerprint density at radius 2 is 2.29 bits per heavy atom. The van der Waals surface area contributed by atoms with Crippen LogP contribution in [0.15, 0.2) is 24.5 Å². The van der Waals surface area contributed by atoms with Crippen molar-refractivity contribution in [2.24, 2.45) is 0 Å². The highest BCUT2D eigenvalue weighted by Gasteiger charge is 2.03. The van der Waals surface area contributed by atoms with Crippen molar-refractivity contribution in [2.75, 3.05) is 6.61 Å². The van der Waals surface area contributed by atoms with E-state index in [0.29, 0.717) is 5.15 Å². The number of hydrogen-bond acceptors (Lipinski definition) is 2. The van der Waals surface area contributed by atoms with E-state index in [-0.39, 0.29) is 6.61 Å². The summed E-state index contributed by atoms with van der Waals surface area (Å²) < 4.78 is 2.07. The molecule has 0 fully saturated rings. The van der Waals surface area contributed by atoms with E-state index < -0.39 is 0 Å². The van der Waals surface area contributed by atoms with E-state index >= 15 is 0 Å². The molecule has 0 aliphatic rings. The summed E-state index contributed by atoms with van der Waals surface area (Å²) in [5.41, 5.74) is 1.07. The summed E-state index contributed by atoms with van der Waals surface area (Å²) in [7, 11) is 0. The molecule has 2 rings (SSSR count). The second-order valence-electron chi connectivity index (χ2n) is 3.12. The SMILES string of the molecule is OCCCn1ccc2c(Cl)nccc21. The third-order valence-electron chi connectivity index (χ3n) is 2.21. The van der Waals surface area contributed by atoms with Gasteiger partial charge in [0.25, 0.3) is 0 Å². The van der Waals surface area contributed by atoms with Crippen LogP contribution < -0.4 is 0 Å². The molecule has 74 valence electrons. The zero-order valence-corrected chi connectivity index (χ0v) is 8.41. The number of pyridine rings is 1. The minimum atomic E-state index is 0.207. The number of aryl methyl sites for hydroxylation is 1. The lowest BCUT2D eigenvalue weighted by Crippen LogP contribution is -1.98. The Hall–Kier alpha value is -1.06. The van der Waals surface area contributed by atoms with Gasteiger partial charge in [0.05, 0.1) is 5.52 Å². The number of rotatable bonds is 3. The maximum Gasteiger partial charge on any atom is 0.138 e. The largest absolute Gasteiger partial charge is 0.396 e. The van der Waals surface area contributed by atoms with E-state index in [1.165, 1.54) is 0 Å². The smallest absolute Gasteiger partial charge is 0.138 e. The predicted molar refractivity (Wildman–Crippen MR) is 56.4 cm³/mol. The van der Waals surface area contributed by atoms with E-state index in [1.807, 2.05) is 18.3 Å². The molecule has 14 heavy (non-hydrogen) atoms. The first-order valence-electron chi connectivity index (χ1n) is 4.53. The average molecular weight is 211 g/mol. The molecule has 1 N–H and O–H groups in total. The highest BCUT2D eigenvalue weighted by atomic mass is 35.5. The van der Waals surface area contributed by atoms with E-state index in [2.05, 4.69) is 9.55 Å². The van der Waals surface area contributed by atoms with Crippen LogP contribution in [0.2, 0.25) is 5.15 Å². The Kier molecular flexibility index (Phi) is 2.70. The van der Waals surface area contributed by atoms with Crippen LogP contribution >= 0.6 is 11.6 Å². The fourth-order valence-electron chi connectivity index (χ4n) is 1.52. The lowest BCUT2D eigenvalue weighted by Gasteiger charge is -2.03. The van der Waals surface area contributed by atoms with E-state index in [4.69, 9.17) is 16.7 Å². The van der Waals surface area contributed by atoms with Crippen molar-refractivity contribution in [1.82, 2.24) is 9.55 Å². The number of aliphatic hydroxyl groups excluding tert-OH is 1. The van der Waals surface area contributed by atoms with Gasteiger partial charge in [0, 0.05) is 30.9 Å². The van der Waals surface area contributed by atoms with Gasteiger partial charge in [-0.3, -0.25) is 0 Å². The molecule has 3 nitrogen and oxygen atoms in total. The number of fused-ring (bicyclic) bond motifs is 1. The first-order valence-corrected chi connectivity index (χ1v) is 4.91. The zero-order chi connectivity index (χ0) is 9.97. The first-order chi connectivity index (χ1) is 6.83. The molecule has 4 heteroatoms. The van der Waals surface area contributed by atoms with Crippen molar-refractivity contribution >= 4 is 22.5 Å². The Labute approximate surface area is 86.9 Å². The molecule has 0 aliphatic carbocycles. The summed E-state index contributed by atoms with van der Waals surface area (Å²) >= 11 is 5.93. The second-order valence-corrected chi connectivity index (χ2v) is 3.48. The van der Waals surface area contributed by atoms with Crippen molar-refractivity contribution in [3.8, 4) is 0 Å². The summed E-state index contributed by atoms with van der Waals surface area (Å²) in [6.45, 7) is 1.01. The number of aromatic nitrogens is 2. The van der Waals surface area contributed by atoms with Crippen molar-refractivity contribution in [3.05, 3.63) is 29.7 Å². The van der Waals surface area contributed by atoms with Crippen molar-refractivity contribution in [3.63, 3.8) is 0 Å². The molecular weight excluding hydrogens is 200 g/mol. The molecule has 2 aromatic heterocycles. The fourth-order valence-corrected chi connectivity index (χ4v) is 1.74. The maximum absolute atomic E-state index is 8.74. The average Bonchev–Trinajstić information content (AvgIpc) is 2.60. The molecule has 0 aromatic carbocycles. The van der Waals surface area contributed by atoms with E-state index in [0.717, 1.165) is 23.9 Å². The van der Waals surface area contributed by atoms with Gasteiger partial charge in [0.15, 0.2) is 0 Å². The maximum atomic E-state index is 8.74. The van der Waals surface area contributed by atoms with Crippen LogP contribution in [-0.2, 0) is 6.54 Å². The number of halogens is 1. The summed E-state index contributed by atoms with van der Waals surface area (Å²) in [6, 6.07) is 3.88. The highest BCUT2D eigenvalue weighted by Crippen LogP contribution is 2.21. The third kappa shape index (κ3) is 1.61. The topological polar surface area (TPSA) is 38.0 Å². The summed E-state index contributed by atoms with van der Waals surface area (Å²) in [5, 5.41) is 10.2. The van der Waals surface area contributed by atoms with Crippen LogP contribution in [0.3, 0.4) is 0 Å². The van der Waals surface area contributed by atoms with Gasteiger partial charge in [-0.15, -0.1) is 0 Å². The summed E-state index contributed by atoms with van der Waals surface area (Å²) in [4.78, 5) is 4.00. The molecule has 0 amide bonds. The lowest BCUT2D eigenvalue weighted by atomic mass is 10.3. The normalized spacial score (nSPS) is 11.0. The predicted octanol–water partition coefficient (Wildman–Crippen LogP) is 2.07. The van der Waals surface area contributed by atoms with Gasteiger partial charge < -0.3 is 9.67 Å². The molecule has 2 aromatic rings. The minimum absolute atomic E-state index is 0.207. The zero-order valence-electron chi connectivity index (χ0n) is 7.65. The first kappa shape index (κ1) is 9.49. The van der Waals surface area contributed by atoms with Crippen LogP contribution in [0.1, 0.15) is 6.42 Å². The van der Waals surface area contributed by atoms with Crippen LogP contribution in [0, 0.1) is 0 Å². The minimum Gasteiger partial charge on any atom is -0.396 e. The summed E-state index contributed by atoms with van der Waals surface area (Å²) in [5.74, 6) is 0. The fraction of sp³-hybridized carbons (Fsp3) is 0.300. The number of hydrogen-bond donors (Lipinski definition) is 1. The van der Waals surface area contributed by atoms with Crippen LogP contribution in [0.5, 0.6) is 0 Å². The Morgan fingerprint density at radius 3 is 3.07 bits per heavy atom. The van der Waals surface area contributed by atoms with Gasteiger partial charge in [-0.2, -0.15) is 0 Å². The molecule has 0 aliphatic heterocycles. The molecule has 0 radical (unpaired) electrons. The molecule has 2 heterocycles. The quantitative estimate of drug-likeness (QED) is 0.788. The Bertz CT molecular complexity index is 439. The van der Waals surface area contributed by atoms with Crippen molar-refractivity contribution < 1.29 is 5.11 Å². The van der Waals surface area contributed by atoms with Crippen LogP contribution in [0.25, 0.3) is 10.9 Å². The highest BCUT2D eigenvalue weighted by molar-refractivity contribution is 6.34. The summed E-state index contributed by atoms with van der Waals surface area (Å²) in [6.07, 6.45) is 4.41. The molecule has 0 atom stereocenters. The van der Waals surface area contributed by atoms with E-state index in [1.54, 1.807) is 6.20 Å². The standard InChI is InChI=1S/C10H11ClN2O/c11-10-8-3-6-13(5-1-7-14)9(8)2-4-12-10/h2-4,6,14H,1,5,7H2. The third-order valence-corrected chi connectivity index (χ3v) is 2.51. The molecule has 0 saturated carbocycles.